The Labute approximate surface area is 212 Å². The fourth-order valence-corrected chi connectivity index (χ4v) is 7.90. The number of nitrogens with zero attached hydrogens (tertiary/aromatic N) is 3. The number of hydrogen-bond acceptors (Lipinski definition) is 3. The summed E-state index contributed by atoms with van der Waals surface area (Å²) in [6.07, 6.45) is -7.07. The van der Waals surface area contributed by atoms with Crippen LogP contribution in [0.25, 0.3) is 0 Å². The van der Waals surface area contributed by atoms with Gasteiger partial charge in [-0.25, -0.2) is 0 Å². The molecule has 0 aromatic rings. The van der Waals surface area contributed by atoms with Crippen LogP contribution in [-0.4, -0.2) is 81.9 Å². The Morgan fingerprint density at radius 2 is 1.19 bits per heavy atom. The van der Waals surface area contributed by atoms with Gasteiger partial charge in [0.05, 0.1) is 0 Å². The van der Waals surface area contributed by atoms with Crippen LogP contribution in [0, 0.1) is 23.7 Å². The van der Waals surface area contributed by atoms with Crippen molar-refractivity contribution in [1.29, 1.82) is 0 Å². The summed E-state index contributed by atoms with van der Waals surface area (Å²) in [6, 6.07) is -3.03. The van der Waals surface area contributed by atoms with Gasteiger partial charge in [-0.15, -0.1) is 0 Å². The smallest absolute Gasteiger partial charge is 0.298 e. The molecule has 3 nitrogen and oxygen atoms in total. The van der Waals surface area contributed by atoms with Crippen LogP contribution in [-0.2, 0) is 0 Å². The first-order valence-corrected chi connectivity index (χ1v) is 13.6. The molecule has 1 saturated carbocycles. The molecule has 0 radical (unpaired) electrons. The molecule has 3 unspecified atom stereocenters. The van der Waals surface area contributed by atoms with E-state index in [9.17, 15) is 26.3 Å². The van der Waals surface area contributed by atoms with Crippen LogP contribution in [0.5, 0.6) is 0 Å². The monoisotopic (exact) mass is 525 g/mol. The van der Waals surface area contributed by atoms with Gasteiger partial charge in [0.25, 0.3) is 0 Å². The van der Waals surface area contributed by atoms with E-state index < -0.39 is 35.5 Å². The van der Waals surface area contributed by atoms with E-state index >= 15 is 0 Å². The minimum atomic E-state index is -4.35. The third-order valence-electron chi connectivity index (χ3n) is 9.79. The van der Waals surface area contributed by atoms with Crippen molar-refractivity contribution in [1.82, 2.24) is 14.7 Å². The number of piperidine rings is 1. The Kier molecular flexibility index (Phi) is 7.12. The molecule has 4 aliphatic rings. The first kappa shape index (κ1) is 28.5. The normalized spacial score (nSPS) is 35.6. The lowest BCUT2D eigenvalue weighted by atomic mass is 9.87. The van der Waals surface area contributed by atoms with E-state index in [4.69, 9.17) is 0 Å². The van der Waals surface area contributed by atoms with Gasteiger partial charge in [0.15, 0.2) is 0 Å². The van der Waals surface area contributed by atoms with Crippen molar-refractivity contribution in [3.8, 4) is 0 Å². The minimum absolute atomic E-state index is 0.0315. The van der Waals surface area contributed by atoms with Crippen molar-refractivity contribution >= 4 is 0 Å². The standard InChI is InChI=1S/C27H45F6N3/c1-23(2,3)34-15-19-18(20(19)16-34)13-25(6,7)36-14-17(11-22(36)27(31,32)33)12-24(4,5)35-10-8-9-21(35)26(28,29)30/h17-22H,8-16H2,1-7H3/t17?,18?,19?,20?,21-,22+/m1/s1. The van der Waals surface area contributed by atoms with E-state index in [0.717, 1.165) is 19.5 Å². The lowest BCUT2D eigenvalue weighted by molar-refractivity contribution is -0.189. The lowest BCUT2D eigenvalue weighted by Crippen LogP contribution is -2.53. The second-order valence-corrected chi connectivity index (χ2v) is 14.3. The summed E-state index contributed by atoms with van der Waals surface area (Å²) in [4.78, 5) is 5.62. The summed E-state index contributed by atoms with van der Waals surface area (Å²) in [5.41, 5.74) is -1.30. The van der Waals surface area contributed by atoms with Gasteiger partial charge in [0.1, 0.15) is 12.1 Å². The van der Waals surface area contributed by atoms with Gasteiger partial charge in [-0.05, 0) is 111 Å². The number of rotatable bonds is 6. The van der Waals surface area contributed by atoms with E-state index in [2.05, 4.69) is 25.7 Å². The number of hydrogen-bond donors (Lipinski definition) is 0. The summed E-state index contributed by atoms with van der Waals surface area (Å²) in [6.45, 7) is 16.7. The third-order valence-corrected chi connectivity index (χ3v) is 9.79. The predicted molar refractivity (Wildman–Crippen MR) is 130 cm³/mol. The Morgan fingerprint density at radius 3 is 1.69 bits per heavy atom. The minimum Gasteiger partial charge on any atom is -0.298 e. The van der Waals surface area contributed by atoms with E-state index in [1.54, 1.807) is 18.7 Å². The largest absolute Gasteiger partial charge is 0.404 e. The number of likely N-dealkylation sites (tertiary alicyclic amines) is 3. The summed E-state index contributed by atoms with van der Waals surface area (Å²) in [7, 11) is 0. The molecule has 0 bridgehead atoms. The van der Waals surface area contributed by atoms with Crippen LogP contribution in [0.15, 0.2) is 0 Å². The van der Waals surface area contributed by atoms with Crippen molar-refractivity contribution in [3.63, 3.8) is 0 Å². The molecule has 0 amide bonds. The highest BCUT2D eigenvalue weighted by Gasteiger charge is 2.61. The molecular weight excluding hydrogens is 480 g/mol. The second-order valence-electron chi connectivity index (χ2n) is 14.3. The second kappa shape index (κ2) is 9.00. The van der Waals surface area contributed by atoms with Gasteiger partial charge in [-0.1, -0.05) is 0 Å². The zero-order valence-electron chi connectivity index (χ0n) is 22.9. The topological polar surface area (TPSA) is 9.72 Å². The van der Waals surface area contributed by atoms with Crippen LogP contribution < -0.4 is 0 Å². The maximum atomic E-state index is 14.2. The van der Waals surface area contributed by atoms with E-state index in [1.165, 1.54) is 4.90 Å². The van der Waals surface area contributed by atoms with Crippen molar-refractivity contribution in [2.24, 2.45) is 23.7 Å². The first-order chi connectivity index (χ1) is 16.2. The van der Waals surface area contributed by atoms with E-state index in [1.807, 2.05) is 13.8 Å². The Hall–Kier alpha value is -0.540. The molecule has 5 atom stereocenters. The van der Waals surface area contributed by atoms with Crippen molar-refractivity contribution in [2.75, 3.05) is 26.2 Å². The molecule has 0 spiro atoms. The maximum Gasteiger partial charge on any atom is 0.404 e. The molecule has 36 heavy (non-hydrogen) atoms. The van der Waals surface area contributed by atoms with Crippen molar-refractivity contribution in [3.05, 3.63) is 0 Å². The fraction of sp³-hybridized carbons (Fsp3) is 1.00. The Bertz CT molecular complexity index is 787. The SMILES string of the molecule is CC(C)(C)N1CC2C(C1)C2CC(C)(C)N1CC(CC(C)(C)N2CCC[C@@H]2C(F)(F)F)C[C@H]1C(F)(F)F. The van der Waals surface area contributed by atoms with Crippen molar-refractivity contribution < 1.29 is 26.3 Å². The molecule has 0 N–H and O–H groups in total. The fourth-order valence-electron chi connectivity index (χ4n) is 7.90. The van der Waals surface area contributed by atoms with Gasteiger partial charge in [-0.2, -0.15) is 26.3 Å². The zero-order valence-corrected chi connectivity index (χ0v) is 22.9. The van der Waals surface area contributed by atoms with Crippen LogP contribution >= 0.6 is 0 Å². The van der Waals surface area contributed by atoms with Crippen LogP contribution in [0.1, 0.15) is 80.6 Å². The summed E-state index contributed by atoms with van der Waals surface area (Å²) in [5.74, 6) is 1.31. The maximum absolute atomic E-state index is 14.2. The van der Waals surface area contributed by atoms with E-state index in [0.29, 0.717) is 43.7 Å². The Balaban J connectivity index is 1.43. The summed E-state index contributed by atoms with van der Waals surface area (Å²) < 4.78 is 83.5. The molecule has 3 saturated heterocycles. The van der Waals surface area contributed by atoms with Crippen LogP contribution in [0.3, 0.4) is 0 Å². The van der Waals surface area contributed by atoms with Crippen LogP contribution in [0.2, 0.25) is 0 Å². The third kappa shape index (κ3) is 5.58. The highest BCUT2D eigenvalue weighted by molar-refractivity contribution is 5.11. The molecular formula is C27H45F6N3. The number of alkyl halides is 6. The molecule has 3 heterocycles. The van der Waals surface area contributed by atoms with Gasteiger partial charge in [0.2, 0.25) is 0 Å². The molecule has 9 heteroatoms. The quantitative estimate of drug-likeness (QED) is 0.363. The van der Waals surface area contributed by atoms with Gasteiger partial charge in [-0.3, -0.25) is 14.7 Å². The lowest BCUT2D eigenvalue weighted by Gasteiger charge is -2.43. The first-order valence-electron chi connectivity index (χ1n) is 13.6. The van der Waals surface area contributed by atoms with Gasteiger partial charge < -0.3 is 0 Å². The molecule has 210 valence electrons. The Morgan fingerprint density at radius 1 is 0.667 bits per heavy atom. The molecule has 1 aliphatic carbocycles. The highest BCUT2D eigenvalue weighted by Crippen LogP contribution is 2.57. The van der Waals surface area contributed by atoms with Crippen LogP contribution in [0.4, 0.5) is 26.3 Å². The molecule has 0 aromatic carbocycles. The average molecular weight is 526 g/mol. The number of halogens is 6. The van der Waals surface area contributed by atoms with Gasteiger partial charge >= 0.3 is 12.4 Å². The summed E-state index contributed by atoms with van der Waals surface area (Å²) in [5, 5.41) is 0. The molecule has 4 fully saturated rings. The number of fused-ring (bicyclic) bond motifs is 1. The van der Waals surface area contributed by atoms with Gasteiger partial charge in [0, 0.05) is 36.3 Å². The average Bonchev–Trinajstić information content (AvgIpc) is 3.20. The highest BCUT2D eigenvalue weighted by atomic mass is 19.4. The molecule has 0 aromatic heterocycles. The van der Waals surface area contributed by atoms with E-state index in [-0.39, 0.29) is 24.3 Å². The molecule has 4 rings (SSSR count). The summed E-state index contributed by atoms with van der Waals surface area (Å²) >= 11 is 0. The van der Waals surface area contributed by atoms with Crippen molar-refractivity contribution in [2.45, 2.75) is 122 Å². The molecule has 3 aliphatic heterocycles. The predicted octanol–water partition coefficient (Wildman–Crippen LogP) is 6.58. The zero-order chi connectivity index (χ0) is 27.1.